The van der Waals surface area contributed by atoms with Gasteiger partial charge in [0.05, 0.1) is 0 Å². The number of amides is 1. The summed E-state index contributed by atoms with van der Waals surface area (Å²) in [7, 11) is 1.69. The van der Waals surface area contributed by atoms with E-state index in [-0.39, 0.29) is 17.4 Å². The molecule has 1 saturated carbocycles. The van der Waals surface area contributed by atoms with Crippen molar-refractivity contribution in [1.29, 1.82) is 0 Å². The van der Waals surface area contributed by atoms with Crippen molar-refractivity contribution in [2.75, 3.05) is 20.2 Å². The molecule has 2 fully saturated rings. The zero-order valence-electron chi connectivity index (χ0n) is 12.2. The van der Waals surface area contributed by atoms with Crippen molar-refractivity contribution in [2.45, 2.75) is 24.9 Å². The highest BCUT2D eigenvalue weighted by Gasteiger charge is 2.51. The number of ether oxygens (including phenoxy) is 1. The van der Waals surface area contributed by atoms with E-state index in [0.717, 1.165) is 31.5 Å². The Morgan fingerprint density at radius 3 is 2.57 bits per heavy atom. The number of halogens is 1. The van der Waals surface area contributed by atoms with Crippen LogP contribution in [-0.2, 0) is 10.3 Å². The Kier molecular flexibility index (Phi) is 3.71. The number of rotatable bonds is 3. The summed E-state index contributed by atoms with van der Waals surface area (Å²) in [4.78, 5) is 11.4. The van der Waals surface area contributed by atoms with Crippen LogP contribution in [-0.4, -0.2) is 26.1 Å². The van der Waals surface area contributed by atoms with Crippen LogP contribution in [0.25, 0.3) is 0 Å². The van der Waals surface area contributed by atoms with Crippen molar-refractivity contribution < 1.29 is 13.9 Å². The fourth-order valence-corrected chi connectivity index (χ4v) is 4.19. The number of methoxy groups -OCH3 is 1. The minimum atomic E-state index is -0.610. The van der Waals surface area contributed by atoms with Gasteiger partial charge in [0.1, 0.15) is 11.4 Å². The largest absolute Gasteiger partial charge is 0.373 e. The Labute approximate surface area is 123 Å². The number of hydrogen-bond donors (Lipinski definition) is 2. The van der Waals surface area contributed by atoms with E-state index in [9.17, 15) is 9.18 Å². The maximum absolute atomic E-state index is 13.9. The molecule has 2 aliphatic rings. The Bertz CT molecular complexity index is 539. The second-order valence-electron chi connectivity index (χ2n) is 6.07. The van der Waals surface area contributed by atoms with Gasteiger partial charge in [-0.25, -0.2) is 4.39 Å². The molecule has 0 radical (unpaired) electrons. The number of nitrogens with two attached hydrogens (primary N) is 1. The zero-order chi connectivity index (χ0) is 15.0. The first-order valence-electron chi connectivity index (χ1n) is 7.44. The lowest BCUT2D eigenvalue weighted by Crippen LogP contribution is -2.57. The first-order chi connectivity index (χ1) is 10.1. The summed E-state index contributed by atoms with van der Waals surface area (Å²) in [6.45, 7) is 1.71. The third-order valence-corrected chi connectivity index (χ3v) is 5.07. The van der Waals surface area contributed by atoms with Crippen LogP contribution < -0.4 is 11.1 Å². The summed E-state index contributed by atoms with van der Waals surface area (Å²) in [6, 6.07) is 4.38. The molecule has 2 bridgehead atoms. The smallest absolute Gasteiger partial charge is 0.248 e. The van der Waals surface area contributed by atoms with Crippen molar-refractivity contribution in [3.8, 4) is 0 Å². The van der Waals surface area contributed by atoms with E-state index in [1.807, 2.05) is 0 Å². The molecule has 1 amide bonds. The minimum absolute atomic E-state index is 0.207. The van der Waals surface area contributed by atoms with Gasteiger partial charge in [0.15, 0.2) is 0 Å². The van der Waals surface area contributed by atoms with Gasteiger partial charge in [0, 0.05) is 37.6 Å². The second-order valence-corrected chi connectivity index (χ2v) is 6.07. The van der Waals surface area contributed by atoms with E-state index in [4.69, 9.17) is 10.5 Å². The maximum Gasteiger partial charge on any atom is 0.248 e. The summed E-state index contributed by atoms with van der Waals surface area (Å²) in [6.07, 6.45) is 3.25. The third kappa shape index (κ3) is 2.24. The molecule has 1 aliphatic carbocycles. The number of fused-ring (bicyclic) bond motifs is 2. The average Bonchev–Trinajstić information content (AvgIpc) is 2.45. The number of primary amides is 1. The predicted molar refractivity (Wildman–Crippen MR) is 77.3 cm³/mol. The van der Waals surface area contributed by atoms with Crippen LogP contribution in [0, 0.1) is 17.7 Å². The fourth-order valence-electron chi connectivity index (χ4n) is 4.19. The van der Waals surface area contributed by atoms with Crippen LogP contribution in [0.15, 0.2) is 18.2 Å². The van der Waals surface area contributed by atoms with Crippen LogP contribution in [0.2, 0.25) is 0 Å². The maximum atomic E-state index is 13.9. The van der Waals surface area contributed by atoms with Crippen LogP contribution in [0.1, 0.15) is 35.2 Å². The molecule has 2 unspecified atom stereocenters. The molecule has 3 N–H and O–H groups in total. The fraction of sp³-hybridized carbons (Fsp3) is 0.562. The van der Waals surface area contributed by atoms with Gasteiger partial charge in [0.25, 0.3) is 0 Å². The van der Waals surface area contributed by atoms with Gasteiger partial charge in [-0.2, -0.15) is 0 Å². The molecule has 1 aromatic rings. The lowest BCUT2D eigenvalue weighted by atomic mass is 9.62. The van der Waals surface area contributed by atoms with E-state index in [1.54, 1.807) is 13.2 Å². The highest BCUT2D eigenvalue weighted by molar-refractivity contribution is 5.93. The number of nitrogens with one attached hydrogen (secondary N) is 1. The molecule has 0 spiro atoms. The summed E-state index contributed by atoms with van der Waals surface area (Å²) < 4.78 is 19.9. The van der Waals surface area contributed by atoms with Crippen LogP contribution in [0.5, 0.6) is 0 Å². The van der Waals surface area contributed by atoms with Gasteiger partial charge in [0.2, 0.25) is 5.91 Å². The van der Waals surface area contributed by atoms with Crippen LogP contribution in [0.3, 0.4) is 0 Å². The van der Waals surface area contributed by atoms with E-state index in [2.05, 4.69) is 5.32 Å². The molecule has 3 rings (SSSR count). The molecule has 3 atom stereocenters. The molecule has 0 aromatic heterocycles. The monoisotopic (exact) mass is 292 g/mol. The topological polar surface area (TPSA) is 64.3 Å². The molecule has 21 heavy (non-hydrogen) atoms. The number of carbonyl (C=O) groups is 1. The van der Waals surface area contributed by atoms with Crippen molar-refractivity contribution in [3.05, 3.63) is 35.1 Å². The molecular formula is C16H21FN2O2. The Morgan fingerprint density at radius 1 is 1.33 bits per heavy atom. The summed E-state index contributed by atoms with van der Waals surface area (Å²) in [5, 5.41) is 3.43. The van der Waals surface area contributed by atoms with Gasteiger partial charge < -0.3 is 15.8 Å². The molecule has 1 saturated heterocycles. The molecule has 5 heteroatoms. The lowest BCUT2D eigenvalue weighted by Gasteiger charge is -2.52. The van der Waals surface area contributed by atoms with Gasteiger partial charge in [-0.05, 0) is 36.6 Å². The van der Waals surface area contributed by atoms with E-state index in [0.29, 0.717) is 0 Å². The summed E-state index contributed by atoms with van der Waals surface area (Å²) in [5.74, 6) is -0.467. The summed E-state index contributed by atoms with van der Waals surface area (Å²) >= 11 is 0. The highest BCUT2D eigenvalue weighted by atomic mass is 19.1. The van der Waals surface area contributed by atoms with Gasteiger partial charge in [-0.1, -0.05) is 6.42 Å². The normalized spacial score (nSPS) is 31.9. The zero-order valence-corrected chi connectivity index (χ0v) is 12.2. The number of hydrogen-bond acceptors (Lipinski definition) is 3. The highest BCUT2D eigenvalue weighted by Crippen LogP contribution is 2.49. The molecule has 1 heterocycles. The molecule has 114 valence electrons. The first kappa shape index (κ1) is 14.5. The number of piperidine rings is 1. The first-order valence-corrected chi connectivity index (χ1v) is 7.44. The Hall–Kier alpha value is -1.46. The molecule has 1 aromatic carbocycles. The van der Waals surface area contributed by atoms with Crippen LogP contribution >= 0.6 is 0 Å². The molecule has 1 aliphatic heterocycles. The standard InChI is InChI=1S/C16H21FN2O2/c1-21-16(11-3-2-4-12(16)9-19-8-11)13-5-10(15(18)20)6-14(17)7-13/h5-7,11-12,19H,2-4,8-9H2,1H3,(H2,18,20)/t11-,12?,16?/m1/s1. The number of carbonyl (C=O) groups excluding carboxylic acids is 1. The molecule has 4 nitrogen and oxygen atoms in total. The van der Waals surface area contributed by atoms with Crippen molar-refractivity contribution in [3.63, 3.8) is 0 Å². The van der Waals surface area contributed by atoms with E-state index >= 15 is 0 Å². The van der Waals surface area contributed by atoms with Gasteiger partial charge in [-0.15, -0.1) is 0 Å². The van der Waals surface area contributed by atoms with E-state index < -0.39 is 17.3 Å². The lowest BCUT2D eigenvalue weighted by molar-refractivity contribution is -0.144. The second kappa shape index (κ2) is 5.39. The third-order valence-electron chi connectivity index (χ3n) is 5.07. The van der Waals surface area contributed by atoms with Gasteiger partial charge >= 0.3 is 0 Å². The Balaban J connectivity index is 2.13. The van der Waals surface area contributed by atoms with Crippen LogP contribution in [0.4, 0.5) is 4.39 Å². The molecular weight excluding hydrogens is 271 g/mol. The minimum Gasteiger partial charge on any atom is -0.373 e. The quantitative estimate of drug-likeness (QED) is 0.892. The van der Waals surface area contributed by atoms with Crippen molar-refractivity contribution >= 4 is 5.91 Å². The number of benzene rings is 1. The summed E-state index contributed by atoms with van der Waals surface area (Å²) in [5.41, 5.74) is 5.76. The van der Waals surface area contributed by atoms with Gasteiger partial charge in [-0.3, -0.25) is 4.79 Å². The van der Waals surface area contributed by atoms with E-state index in [1.165, 1.54) is 18.6 Å². The van der Waals surface area contributed by atoms with Crippen molar-refractivity contribution in [2.24, 2.45) is 17.6 Å². The van der Waals surface area contributed by atoms with Crippen molar-refractivity contribution in [1.82, 2.24) is 5.32 Å². The predicted octanol–water partition coefficient (Wildman–Crippen LogP) is 1.79. The SMILES string of the molecule is COC1(c2cc(F)cc(C(N)=O)c2)C2CCC[C@@H]1CNC2. The Morgan fingerprint density at radius 2 is 2.00 bits per heavy atom. The average molecular weight is 292 g/mol.